The molecule has 0 spiro atoms. The molecule has 0 radical (unpaired) electrons. The zero-order valence-corrected chi connectivity index (χ0v) is 11.6. The second-order valence-electron chi connectivity index (χ2n) is 5.05. The van der Waals surface area contributed by atoms with Crippen LogP contribution in [0.2, 0.25) is 0 Å². The highest BCUT2D eigenvalue weighted by atomic mass is 16.3. The summed E-state index contributed by atoms with van der Waals surface area (Å²) >= 11 is 0. The maximum atomic E-state index is 9.50. The van der Waals surface area contributed by atoms with Crippen LogP contribution in [0.4, 0.5) is 0 Å². The summed E-state index contributed by atoms with van der Waals surface area (Å²) in [6, 6.07) is 16.5. The lowest BCUT2D eigenvalue weighted by molar-refractivity contribution is 0.473. The van der Waals surface area contributed by atoms with E-state index < -0.39 is 0 Å². The Balaban J connectivity index is 2.04. The summed E-state index contributed by atoms with van der Waals surface area (Å²) in [6.07, 6.45) is 1.91. The van der Waals surface area contributed by atoms with Crippen molar-refractivity contribution in [1.29, 1.82) is 0 Å². The Morgan fingerprint density at radius 3 is 2.21 bits per heavy atom. The van der Waals surface area contributed by atoms with Gasteiger partial charge in [-0.25, -0.2) is 0 Å². The van der Waals surface area contributed by atoms with Crippen LogP contribution in [-0.4, -0.2) is 18.2 Å². The topological polar surface area (TPSA) is 32.3 Å². The van der Waals surface area contributed by atoms with Crippen LogP contribution in [0, 0.1) is 6.92 Å². The smallest absolute Gasteiger partial charge is 0.115 e. The van der Waals surface area contributed by atoms with Crippen molar-refractivity contribution in [2.75, 3.05) is 7.05 Å². The summed E-state index contributed by atoms with van der Waals surface area (Å²) in [5.74, 6) is 0.336. The number of likely N-dealkylation sites (N-methyl/N-ethyl adjacent to an activating group) is 1. The second-order valence-corrected chi connectivity index (χ2v) is 5.05. The molecule has 100 valence electrons. The first-order valence-electron chi connectivity index (χ1n) is 6.68. The Kier molecular flexibility index (Phi) is 4.58. The Morgan fingerprint density at radius 1 is 1.00 bits per heavy atom. The van der Waals surface area contributed by atoms with E-state index in [4.69, 9.17) is 0 Å². The standard InChI is InChI=1S/C17H21NO/c1-13-5-3-6-14(9-13)10-16(18-2)11-15-7-4-8-17(19)12-15/h3-9,12,16,18-19H,10-11H2,1-2H3. The summed E-state index contributed by atoms with van der Waals surface area (Å²) in [6.45, 7) is 2.12. The van der Waals surface area contributed by atoms with Gasteiger partial charge in [0.15, 0.2) is 0 Å². The minimum Gasteiger partial charge on any atom is -0.508 e. The predicted molar refractivity (Wildman–Crippen MR) is 79.5 cm³/mol. The molecule has 0 aliphatic carbocycles. The van der Waals surface area contributed by atoms with Gasteiger partial charge in [0.2, 0.25) is 0 Å². The summed E-state index contributed by atoms with van der Waals surface area (Å²) in [5, 5.41) is 12.9. The molecule has 2 nitrogen and oxygen atoms in total. The molecule has 0 aromatic heterocycles. The largest absolute Gasteiger partial charge is 0.508 e. The van der Waals surface area contributed by atoms with Crippen LogP contribution >= 0.6 is 0 Å². The Hall–Kier alpha value is -1.80. The van der Waals surface area contributed by atoms with Crippen molar-refractivity contribution in [3.63, 3.8) is 0 Å². The third-order valence-electron chi connectivity index (χ3n) is 3.37. The molecule has 2 aromatic rings. The molecule has 2 rings (SSSR count). The average molecular weight is 255 g/mol. The molecular weight excluding hydrogens is 234 g/mol. The average Bonchev–Trinajstić information content (AvgIpc) is 2.38. The van der Waals surface area contributed by atoms with E-state index in [-0.39, 0.29) is 0 Å². The molecule has 2 N–H and O–H groups in total. The van der Waals surface area contributed by atoms with Crippen LogP contribution in [0.1, 0.15) is 16.7 Å². The quantitative estimate of drug-likeness (QED) is 0.860. The number of hydrogen-bond acceptors (Lipinski definition) is 2. The summed E-state index contributed by atoms with van der Waals surface area (Å²) in [7, 11) is 1.99. The zero-order valence-electron chi connectivity index (χ0n) is 11.6. The molecular formula is C17H21NO. The van der Waals surface area contributed by atoms with Crippen LogP contribution in [0.15, 0.2) is 48.5 Å². The number of aromatic hydroxyl groups is 1. The third-order valence-corrected chi connectivity index (χ3v) is 3.37. The monoisotopic (exact) mass is 255 g/mol. The molecule has 0 heterocycles. The van der Waals surface area contributed by atoms with E-state index in [2.05, 4.69) is 42.6 Å². The van der Waals surface area contributed by atoms with Gasteiger partial charge in [-0.3, -0.25) is 0 Å². The molecule has 0 aliphatic heterocycles. The van der Waals surface area contributed by atoms with E-state index in [1.165, 1.54) is 11.1 Å². The molecule has 0 amide bonds. The molecule has 19 heavy (non-hydrogen) atoms. The lowest BCUT2D eigenvalue weighted by atomic mass is 9.98. The van der Waals surface area contributed by atoms with Crippen molar-refractivity contribution < 1.29 is 5.11 Å². The highest BCUT2D eigenvalue weighted by molar-refractivity contribution is 5.28. The predicted octanol–water partition coefficient (Wildman–Crippen LogP) is 3.07. The zero-order chi connectivity index (χ0) is 13.7. The highest BCUT2D eigenvalue weighted by Crippen LogP contribution is 2.15. The van der Waals surface area contributed by atoms with Gasteiger partial charge in [-0.1, -0.05) is 42.0 Å². The number of rotatable bonds is 5. The normalized spacial score (nSPS) is 12.3. The van der Waals surface area contributed by atoms with Gasteiger partial charge in [0.25, 0.3) is 0 Å². The van der Waals surface area contributed by atoms with Gasteiger partial charge in [0.05, 0.1) is 0 Å². The lowest BCUT2D eigenvalue weighted by Crippen LogP contribution is -2.29. The van der Waals surface area contributed by atoms with Crippen LogP contribution in [0.3, 0.4) is 0 Å². The maximum Gasteiger partial charge on any atom is 0.115 e. The van der Waals surface area contributed by atoms with Gasteiger partial charge >= 0.3 is 0 Å². The van der Waals surface area contributed by atoms with Gasteiger partial charge < -0.3 is 10.4 Å². The Labute approximate surface area is 115 Å². The van der Waals surface area contributed by atoms with Gasteiger partial charge in [0.1, 0.15) is 5.75 Å². The number of benzene rings is 2. The maximum absolute atomic E-state index is 9.50. The molecule has 0 saturated carbocycles. The summed E-state index contributed by atoms with van der Waals surface area (Å²) in [5.41, 5.74) is 3.80. The fraction of sp³-hybridized carbons (Fsp3) is 0.294. The minimum atomic E-state index is 0.336. The van der Waals surface area contributed by atoms with Crippen molar-refractivity contribution in [2.45, 2.75) is 25.8 Å². The number of hydrogen-bond donors (Lipinski definition) is 2. The van der Waals surface area contributed by atoms with Crippen molar-refractivity contribution >= 4 is 0 Å². The summed E-state index contributed by atoms with van der Waals surface area (Å²) in [4.78, 5) is 0. The first-order valence-corrected chi connectivity index (χ1v) is 6.68. The first kappa shape index (κ1) is 13.6. The summed E-state index contributed by atoms with van der Waals surface area (Å²) < 4.78 is 0. The fourth-order valence-electron chi connectivity index (χ4n) is 2.37. The second kappa shape index (κ2) is 6.39. The molecule has 0 aliphatic rings. The van der Waals surface area contributed by atoms with Gasteiger partial charge in [-0.15, -0.1) is 0 Å². The van der Waals surface area contributed by atoms with Crippen molar-refractivity contribution in [1.82, 2.24) is 5.32 Å². The van der Waals surface area contributed by atoms with Gasteiger partial charge in [-0.05, 0) is 50.1 Å². The molecule has 0 fully saturated rings. The first-order chi connectivity index (χ1) is 9.17. The Bertz CT molecular complexity index is 489. The van der Waals surface area contributed by atoms with E-state index in [0.717, 1.165) is 18.4 Å². The molecule has 2 aromatic carbocycles. The van der Waals surface area contributed by atoms with E-state index in [9.17, 15) is 5.11 Å². The molecule has 0 saturated heterocycles. The van der Waals surface area contributed by atoms with Crippen LogP contribution in [-0.2, 0) is 12.8 Å². The van der Waals surface area contributed by atoms with E-state index in [0.29, 0.717) is 11.8 Å². The van der Waals surface area contributed by atoms with Gasteiger partial charge in [0, 0.05) is 6.04 Å². The molecule has 1 atom stereocenters. The molecule has 0 bridgehead atoms. The van der Waals surface area contributed by atoms with Crippen molar-refractivity contribution in [3.8, 4) is 5.75 Å². The highest BCUT2D eigenvalue weighted by Gasteiger charge is 2.09. The number of aryl methyl sites for hydroxylation is 1. The molecule has 1 unspecified atom stereocenters. The number of phenols is 1. The van der Waals surface area contributed by atoms with Crippen LogP contribution in [0.5, 0.6) is 5.75 Å². The molecule has 2 heteroatoms. The Morgan fingerprint density at radius 2 is 1.63 bits per heavy atom. The van der Waals surface area contributed by atoms with E-state index in [1.54, 1.807) is 6.07 Å². The van der Waals surface area contributed by atoms with E-state index in [1.807, 2.05) is 19.2 Å². The minimum absolute atomic E-state index is 0.336. The van der Waals surface area contributed by atoms with Crippen molar-refractivity contribution in [3.05, 3.63) is 65.2 Å². The SMILES string of the molecule is CNC(Cc1cccc(C)c1)Cc1cccc(O)c1. The number of nitrogens with one attached hydrogen (secondary N) is 1. The van der Waals surface area contributed by atoms with E-state index >= 15 is 0 Å². The lowest BCUT2D eigenvalue weighted by Gasteiger charge is -2.17. The van der Waals surface area contributed by atoms with Crippen molar-refractivity contribution in [2.24, 2.45) is 0 Å². The third kappa shape index (κ3) is 4.11. The van der Waals surface area contributed by atoms with Crippen LogP contribution < -0.4 is 5.32 Å². The number of phenolic OH excluding ortho intramolecular Hbond substituents is 1. The van der Waals surface area contributed by atoms with Gasteiger partial charge in [-0.2, -0.15) is 0 Å². The van der Waals surface area contributed by atoms with Crippen LogP contribution in [0.25, 0.3) is 0 Å². The fourth-order valence-corrected chi connectivity index (χ4v) is 2.37.